The summed E-state index contributed by atoms with van der Waals surface area (Å²) in [5, 5.41) is 5.67. The van der Waals surface area contributed by atoms with Crippen LogP contribution in [0.1, 0.15) is 85.8 Å². The molecule has 342 valence electrons. The number of nitrogens with two attached hydrogens (primary N) is 1. The van der Waals surface area contributed by atoms with Crippen molar-refractivity contribution in [1.82, 2.24) is 20.4 Å². The Kier molecular flexibility index (Phi) is 21.6. The van der Waals surface area contributed by atoms with Crippen molar-refractivity contribution in [3.63, 3.8) is 0 Å². The lowest BCUT2D eigenvalue weighted by atomic mass is 9.89. The maximum absolute atomic E-state index is 12.6. The van der Waals surface area contributed by atoms with Gasteiger partial charge in [-0.2, -0.15) is 0 Å². The molecule has 4 atom stereocenters. The van der Waals surface area contributed by atoms with Gasteiger partial charge in [-0.15, -0.1) is 0 Å². The molecule has 16 heteroatoms. The van der Waals surface area contributed by atoms with Crippen LogP contribution in [0.5, 0.6) is 0 Å². The molecule has 0 unspecified atom stereocenters. The summed E-state index contributed by atoms with van der Waals surface area (Å²) in [7, 11) is -1.32. The van der Waals surface area contributed by atoms with E-state index in [1.54, 1.807) is 9.80 Å². The molecule has 4 N–H and O–H groups in total. The van der Waals surface area contributed by atoms with Crippen LogP contribution >= 0.6 is 0 Å². The number of alkyl carbamates (subject to hydrolysis) is 2. The minimum Gasteiger partial charge on any atom is -0.466 e. The summed E-state index contributed by atoms with van der Waals surface area (Å²) in [4.78, 5) is 64.8. The number of carbonyl (C=O) groups excluding carboxylic acids is 5. The number of hydrogen-bond donors (Lipinski definition) is 3. The molecule has 0 radical (unpaired) electrons. The average Bonchev–Trinajstić information content (AvgIpc) is 3.17. The van der Waals surface area contributed by atoms with Crippen molar-refractivity contribution in [3.05, 3.63) is 71.8 Å². The van der Waals surface area contributed by atoms with Crippen LogP contribution in [0.15, 0.2) is 60.7 Å². The Balaban J connectivity index is 0.000000421. The fourth-order valence-corrected chi connectivity index (χ4v) is 6.87. The lowest BCUT2D eigenvalue weighted by Crippen LogP contribution is -2.59. The van der Waals surface area contributed by atoms with Crippen molar-refractivity contribution in [2.75, 3.05) is 32.8 Å². The molecule has 2 aliphatic rings. The maximum atomic E-state index is 12.6. The normalized spacial score (nSPS) is 19.0. The second-order valence-corrected chi connectivity index (χ2v) is 23.8. The van der Waals surface area contributed by atoms with Crippen LogP contribution in [0.25, 0.3) is 0 Å². The van der Waals surface area contributed by atoms with Gasteiger partial charge < -0.3 is 49.9 Å². The molecule has 4 amide bonds. The number of piperidine rings is 2. The summed E-state index contributed by atoms with van der Waals surface area (Å²) in [5.74, 6) is -0.622. The minimum absolute atomic E-state index is 0.106. The fraction of sp³-hybridized carbons (Fsp3) is 0.622. The zero-order valence-corrected chi connectivity index (χ0v) is 39.4. The van der Waals surface area contributed by atoms with Crippen LogP contribution in [0.4, 0.5) is 19.2 Å². The van der Waals surface area contributed by atoms with Gasteiger partial charge in [0.2, 0.25) is 0 Å². The monoisotopic (exact) mass is 872 g/mol. The summed E-state index contributed by atoms with van der Waals surface area (Å²) < 4.78 is 26.9. The van der Waals surface area contributed by atoms with Gasteiger partial charge in [-0.05, 0) is 71.6 Å². The van der Waals surface area contributed by atoms with Crippen LogP contribution in [0, 0.1) is 5.92 Å². The van der Waals surface area contributed by atoms with E-state index in [2.05, 4.69) is 30.3 Å². The number of hydrogen-bond acceptors (Lipinski definition) is 11. The molecule has 0 spiro atoms. The first-order valence-corrected chi connectivity index (χ1v) is 25.1. The molecule has 2 fully saturated rings. The molecule has 0 aliphatic carbocycles. The highest BCUT2D eigenvalue weighted by molar-refractivity contribution is 6.76. The summed E-state index contributed by atoms with van der Waals surface area (Å²) in [5.41, 5.74) is 6.76. The van der Waals surface area contributed by atoms with E-state index in [1.165, 1.54) is 0 Å². The molecule has 2 aliphatic heterocycles. The molecule has 0 aromatic heterocycles. The Morgan fingerprint density at radius 2 is 1.10 bits per heavy atom. The molecule has 2 aromatic rings. The summed E-state index contributed by atoms with van der Waals surface area (Å²) >= 11 is 0. The number of amides is 4. The zero-order chi connectivity index (χ0) is 45.8. The number of rotatable bonds is 11. The predicted octanol–water partition coefficient (Wildman–Crippen LogP) is 8.09. The van der Waals surface area contributed by atoms with Crippen molar-refractivity contribution < 1.29 is 47.7 Å². The van der Waals surface area contributed by atoms with Gasteiger partial charge in [0.25, 0.3) is 0 Å². The van der Waals surface area contributed by atoms with E-state index >= 15 is 0 Å². The highest BCUT2D eigenvalue weighted by atomic mass is 28.3. The Morgan fingerprint density at radius 1 is 0.672 bits per heavy atom. The van der Waals surface area contributed by atoms with E-state index in [0.717, 1.165) is 17.2 Å². The molecular formula is C45H73N5O10Si. The largest absolute Gasteiger partial charge is 0.466 e. The minimum atomic E-state index is -1.32. The Bertz CT molecular complexity index is 1650. The number of nitrogens with one attached hydrogen (secondary N) is 2. The zero-order valence-electron chi connectivity index (χ0n) is 38.4. The molecule has 0 bridgehead atoms. The highest BCUT2D eigenvalue weighted by Gasteiger charge is 2.37. The predicted molar refractivity (Wildman–Crippen MR) is 238 cm³/mol. The molecule has 61 heavy (non-hydrogen) atoms. The summed E-state index contributed by atoms with van der Waals surface area (Å²) in [6.45, 7) is 23.9. The first-order valence-electron chi connectivity index (χ1n) is 21.4. The molecular weight excluding hydrogens is 799 g/mol. The van der Waals surface area contributed by atoms with Crippen LogP contribution in [0.2, 0.25) is 25.7 Å². The Morgan fingerprint density at radius 3 is 1.52 bits per heavy atom. The number of carbonyl (C=O) groups is 5. The van der Waals surface area contributed by atoms with Gasteiger partial charge in [-0.1, -0.05) is 94.2 Å². The van der Waals surface area contributed by atoms with E-state index < -0.39 is 37.6 Å². The highest BCUT2D eigenvalue weighted by Crippen LogP contribution is 2.24. The van der Waals surface area contributed by atoms with Gasteiger partial charge in [0.05, 0.1) is 19.1 Å². The number of nitrogens with zero attached hydrogens (tertiary/aromatic N) is 2. The smallest absolute Gasteiger partial charge is 0.410 e. The fourth-order valence-electron chi connectivity index (χ4n) is 6.15. The number of esters is 1. The lowest BCUT2D eigenvalue weighted by molar-refractivity contribution is -0.145. The van der Waals surface area contributed by atoms with Gasteiger partial charge in [0, 0.05) is 52.3 Å². The Hall–Kier alpha value is -4.83. The molecule has 15 nitrogen and oxygen atoms in total. The Labute approximate surface area is 364 Å². The van der Waals surface area contributed by atoms with Gasteiger partial charge in [0.15, 0.2) is 0 Å². The topological polar surface area (TPSA) is 188 Å². The van der Waals surface area contributed by atoms with Gasteiger partial charge in [-0.3, -0.25) is 4.79 Å². The van der Waals surface area contributed by atoms with Crippen molar-refractivity contribution in [1.29, 1.82) is 0 Å². The number of ether oxygens (including phenoxy) is 5. The maximum Gasteiger partial charge on any atom is 0.410 e. The molecule has 4 rings (SSSR count). The number of benzene rings is 2. The third kappa shape index (κ3) is 22.0. The number of likely N-dealkylation sites (tertiary alicyclic amines) is 2. The van der Waals surface area contributed by atoms with Gasteiger partial charge in [-0.25, -0.2) is 19.2 Å². The van der Waals surface area contributed by atoms with E-state index in [0.29, 0.717) is 45.6 Å². The van der Waals surface area contributed by atoms with Crippen molar-refractivity contribution in [2.45, 2.75) is 143 Å². The quantitative estimate of drug-likeness (QED) is 0.113. The van der Waals surface area contributed by atoms with Crippen LogP contribution in [0.3, 0.4) is 0 Å². The van der Waals surface area contributed by atoms with Crippen molar-refractivity contribution >= 4 is 38.4 Å². The third-order valence-corrected chi connectivity index (χ3v) is 11.0. The first-order chi connectivity index (χ1) is 28.6. The lowest BCUT2D eigenvalue weighted by Gasteiger charge is -2.38. The molecule has 0 saturated carbocycles. The van der Waals surface area contributed by atoms with Gasteiger partial charge >= 0.3 is 30.3 Å². The molecule has 2 heterocycles. The standard InChI is InChI=1S/C25H40N2O6Si.C18H27N3O4.C2H6/c1-25(2,3)33-24(30)27-13-12-21(26-23(29)32-18-19-10-8-7-9-11-19)20(17-27)16-22(28)31-14-15-34(4,5)6;1-18(2,3)25-17(23)21-10-9-15(14(19)11-21)20-16(22)24-12-13-7-5-4-6-8-13;1-2/h7-11,20-21H,12-18H2,1-6H3,(H,26,29);4-8,14-15H,9-12,19H2,1-3H3,(H,20,22);1-2H3/t20-,21+;14-,15+;/m00./s1. The van der Waals surface area contributed by atoms with Crippen molar-refractivity contribution in [3.8, 4) is 0 Å². The van der Waals surface area contributed by atoms with E-state index in [4.69, 9.17) is 29.4 Å². The van der Waals surface area contributed by atoms with Crippen molar-refractivity contribution in [2.24, 2.45) is 11.7 Å². The first kappa shape index (κ1) is 52.3. The van der Waals surface area contributed by atoms with E-state index in [1.807, 2.05) is 116 Å². The summed E-state index contributed by atoms with van der Waals surface area (Å²) in [6, 6.07) is 18.8. The molecule has 2 aromatic carbocycles. The van der Waals surface area contributed by atoms with E-state index in [9.17, 15) is 24.0 Å². The SMILES string of the molecule is CC.CC(C)(C)OC(=O)N1CC[C@@H](NC(=O)OCc2ccccc2)[C@@H](CC(=O)OCC[Si](C)(C)C)C1.CC(C)(C)OC(=O)N1CC[C@@H](NC(=O)OCc2ccccc2)[C@@H](N)C1. The summed E-state index contributed by atoms with van der Waals surface area (Å²) in [6.07, 6.45) is -0.698. The average molecular weight is 872 g/mol. The van der Waals surface area contributed by atoms with Crippen LogP contribution < -0.4 is 16.4 Å². The second-order valence-electron chi connectivity index (χ2n) is 18.2. The van der Waals surface area contributed by atoms with Crippen LogP contribution in [-0.4, -0.2) is 110 Å². The second kappa shape index (κ2) is 25.2. The van der Waals surface area contributed by atoms with Crippen LogP contribution in [-0.2, 0) is 41.7 Å². The van der Waals surface area contributed by atoms with E-state index in [-0.39, 0.29) is 55.7 Å². The van der Waals surface area contributed by atoms with Gasteiger partial charge in [0.1, 0.15) is 24.4 Å². The molecule has 2 saturated heterocycles. The third-order valence-electron chi connectivity index (χ3n) is 9.27.